The first-order valence-corrected chi connectivity index (χ1v) is 13.6. The average Bonchev–Trinajstić information content (AvgIpc) is 3.38. The molecule has 0 saturated carbocycles. The van der Waals surface area contributed by atoms with E-state index in [4.69, 9.17) is 4.74 Å². The lowest BCUT2D eigenvalue weighted by molar-refractivity contribution is 0.269. The van der Waals surface area contributed by atoms with Gasteiger partial charge >= 0.3 is 0 Å². The van der Waals surface area contributed by atoms with Crippen LogP contribution in [0.25, 0.3) is 54.9 Å². The lowest BCUT2D eigenvalue weighted by Crippen LogP contribution is -2.15. The summed E-state index contributed by atoms with van der Waals surface area (Å²) in [5, 5.41) is 5.09. The Morgan fingerprint density at radius 1 is 0.436 bits per heavy atom. The fourth-order valence-corrected chi connectivity index (χ4v) is 6.41. The van der Waals surface area contributed by atoms with Gasteiger partial charge in [0.25, 0.3) is 0 Å². The summed E-state index contributed by atoms with van der Waals surface area (Å²) in [7, 11) is 0. The number of allylic oxidation sites excluding steroid dienone is 2. The van der Waals surface area contributed by atoms with Crippen LogP contribution in [-0.2, 0) is 0 Å². The zero-order valence-electron chi connectivity index (χ0n) is 21.4. The van der Waals surface area contributed by atoms with E-state index in [9.17, 15) is 0 Å². The molecule has 184 valence electrons. The van der Waals surface area contributed by atoms with Gasteiger partial charge in [0.05, 0.1) is 0 Å². The Bertz CT molecular complexity index is 1870. The van der Waals surface area contributed by atoms with E-state index in [1.54, 1.807) is 0 Å². The van der Waals surface area contributed by atoms with Gasteiger partial charge in [0.1, 0.15) is 11.9 Å². The fourth-order valence-electron chi connectivity index (χ4n) is 6.41. The van der Waals surface area contributed by atoms with E-state index in [1.165, 1.54) is 60.5 Å². The third-order valence-corrected chi connectivity index (χ3v) is 8.22. The van der Waals surface area contributed by atoms with Gasteiger partial charge in [0.15, 0.2) is 0 Å². The Kier molecular flexibility index (Phi) is 5.03. The van der Waals surface area contributed by atoms with Gasteiger partial charge in [-0.25, -0.2) is 0 Å². The summed E-state index contributed by atoms with van der Waals surface area (Å²) in [4.78, 5) is 0. The molecule has 1 heteroatoms. The molecule has 0 radical (unpaired) electrons. The highest BCUT2D eigenvalue weighted by atomic mass is 16.5. The summed E-state index contributed by atoms with van der Waals surface area (Å²) >= 11 is 0. The molecule has 1 aliphatic heterocycles. The summed E-state index contributed by atoms with van der Waals surface area (Å²) < 4.78 is 6.26. The minimum Gasteiger partial charge on any atom is -0.485 e. The maximum atomic E-state index is 6.26. The van der Waals surface area contributed by atoms with Crippen molar-refractivity contribution in [3.63, 3.8) is 0 Å². The van der Waals surface area contributed by atoms with Gasteiger partial charge in [-0.15, -0.1) is 0 Å². The smallest absolute Gasteiger partial charge is 0.128 e. The van der Waals surface area contributed by atoms with Gasteiger partial charge in [-0.3, -0.25) is 0 Å². The first kappa shape index (κ1) is 22.1. The first-order valence-electron chi connectivity index (χ1n) is 13.6. The van der Waals surface area contributed by atoms with Crippen LogP contribution in [0.15, 0.2) is 146 Å². The Labute approximate surface area is 228 Å². The van der Waals surface area contributed by atoms with Crippen LogP contribution in [0.2, 0.25) is 0 Å². The molecule has 0 N–H and O–H groups in total. The lowest BCUT2D eigenvalue weighted by Gasteiger charge is -2.18. The van der Waals surface area contributed by atoms with Crippen LogP contribution in [0.3, 0.4) is 0 Å². The molecular weight excluding hydrogens is 472 g/mol. The molecule has 1 heterocycles. The summed E-state index contributed by atoms with van der Waals surface area (Å²) in [5.74, 6) is 1.26. The molecule has 1 aliphatic carbocycles. The van der Waals surface area contributed by atoms with Crippen molar-refractivity contribution in [2.45, 2.75) is 12.0 Å². The van der Waals surface area contributed by atoms with Gasteiger partial charge in [-0.2, -0.15) is 0 Å². The standard InChI is InChI=1S/C38H26O/c1-2-10-25(11-3-1)26-18-20-27(21-19-26)37-30-13-4-6-15-32(30)38(33-16-7-5-14-31(33)37)28-22-23-36-34(24-28)29-12-8-9-17-35(29)39-36/h1-24,29,35H. The number of ether oxygens (including phenoxy) is 1. The highest BCUT2D eigenvalue weighted by Crippen LogP contribution is 2.47. The lowest BCUT2D eigenvalue weighted by atomic mass is 9.84. The fraction of sp³-hybridized carbons (Fsp3) is 0.0526. The largest absolute Gasteiger partial charge is 0.485 e. The van der Waals surface area contributed by atoms with E-state index in [2.05, 4.69) is 146 Å². The minimum absolute atomic E-state index is 0.0926. The summed E-state index contributed by atoms with van der Waals surface area (Å²) in [6.45, 7) is 0. The molecule has 6 aromatic carbocycles. The van der Waals surface area contributed by atoms with Crippen molar-refractivity contribution in [3.8, 4) is 39.1 Å². The quantitative estimate of drug-likeness (QED) is 0.221. The van der Waals surface area contributed by atoms with Crippen molar-refractivity contribution in [1.82, 2.24) is 0 Å². The first-order chi connectivity index (χ1) is 19.3. The van der Waals surface area contributed by atoms with Gasteiger partial charge in [0.2, 0.25) is 0 Å². The number of hydrogen-bond acceptors (Lipinski definition) is 1. The van der Waals surface area contributed by atoms with Gasteiger partial charge < -0.3 is 4.74 Å². The van der Waals surface area contributed by atoms with Gasteiger partial charge in [-0.1, -0.05) is 127 Å². The second-order valence-corrected chi connectivity index (χ2v) is 10.4. The Hall–Kier alpha value is -4.88. The molecule has 2 aliphatic rings. The predicted molar refractivity (Wildman–Crippen MR) is 163 cm³/mol. The molecule has 0 aromatic heterocycles. The van der Waals surface area contributed by atoms with Crippen LogP contribution in [-0.4, -0.2) is 6.10 Å². The van der Waals surface area contributed by atoms with E-state index in [0.717, 1.165) is 5.75 Å². The highest BCUT2D eigenvalue weighted by Gasteiger charge is 2.32. The van der Waals surface area contributed by atoms with Crippen LogP contribution in [0.5, 0.6) is 5.75 Å². The van der Waals surface area contributed by atoms with Crippen LogP contribution < -0.4 is 4.74 Å². The second-order valence-electron chi connectivity index (χ2n) is 10.4. The number of benzene rings is 6. The zero-order valence-corrected chi connectivity index (χ0v) is 21.4. The topological polar surface area (TPSA) is 9.23 Å². The molecular formula is C38H26O. The molecule has 1 nitrogen and oxygen atoms in total. The van der Waals surface area contributed by atoms with Crippen LogP contribution >= 0.6 is 0 Å². The van der Waals surface area contributed by atoms with Crippen molar-refractivity contribution >= 4 is 21.5 Å². The van der Waals surface area contributed by atoms with Crippen LogP contribution in [0.1, 0.15) is 11.5 Å². The SMILES string of the molecule is C1=CC2Oc3ccc(-c4c5ccccc5c(-c5ccc(-c6ccccc6)cc5)c5ccccc45)cc3C2C=C1. The molecule has 2 atom stereocenters. The number of rotatable bonds is 3. The van der Waals surface area contributed by atoms with Crippen molar-refractivity contribution in [3.05, 3.63) is 151 Å². The highest BCUT2D eigenvalue weighted by molar-refractivity contribution is 6.21. The molecule has 0 bridgehead atoms. The third kappa shape index (κ3) is 3.55. The molecule has 0 fully saturated rings. The van der Waals surface area contributed by atoms with Crippen molar-refractivity contribution < 1.29 is 4.74 Å². The summed E-state index contributed by atoms with van der Waals surface area (Å²) in [5.41, 5.74) is 8.78. The average molecular weight is 499 g/mol. The summed E-state index contributed by atoms with van der Waals surface area (Å²) in [6.07, 6.45) is 8.73. The number of fused-ring (bicyclic) bond motifs is 5. The molecule has 8 rings (SSSR count). The molecule has 0 spiro atoms. The second kappa shape index (κ2) is 8.85. The maximum Gasteiger partial charge on any atom is 0.128 e. The van der Waals surface area contributed by atoms with Crippen molar-refractivity contribution in [2.24, 2.45) is 0 Å². The molecule has 0 saturated heterocycles. The van der Waals surface area contributed by atoms with E-state index in [0.29, 0.717) is 0 Å². The molecule has 39 heavy (non-hydrogen) atoms. The van der Waals surface area contributed by atoms with Crippen LogP contribution in [0.4, 0.5) is 0 Å². The maximum absolute atomic E-state index is 6.26. The zero-order chi connectivity index (χ0) is 25.8. The monoisotopic (exact) mass is 498 g/mol. The number of hydrogen-bond donors (Lipinski definition) is 0. The van der Waals surface area contributed by atoms with E-state index < -0.39 is 0 Å². The van der Waals surface area contributed by atoms with Crippen LogP contribution in [0, 0.1) is 0 Å². The van der Waals surface area contributed by atoms with E-state index >= 15 is 0 Å². The Morgan fingerprint density at radius 3 is 1.62 bits per heavy atom. The summed E-state index contributed by atoms with van der Waals surface area (Å²) in [6, 6.07) is 44.0. The minimum atomic E-state index is 0.0926. The van der Waals surface area contributed by atoms with Gasteiger partial charge in [-0.05, 0) is 73.1 Å². The van der Waals surface area contributed by atoms with Gasteiger partial charge in [0, 0.05) is 11.5 Å². The molecule has 2 unspecified atom stereocenters. The molecule has 0 amide bonds. The third-order valence-electron chi connectivity index (χ3n) is 8.22. The Balaban J connectivity index is 1.35. The van der Waals surface area contributed by atoms with E-state index in [-0.39, 0.29) is 12.0 Å². The normalized spacial score (nSPS) is 17.2. The van der Waals surface area contributed by atoms with Crippen molar-refractivity contribution in [1.29, 1.82) is 0 Å². The van der Waals surface area contributed by atoms with Crippen molar-refractivity contribution in [2.75, 3.05) is 0 Å². The molecule has 6 aromatic rings. The Morgan fingerprint density at radius 2 is 0.949 bits per heavy atom. The predicted octanol–water partition coefficient (Wildman–Crippen LogP) is 9.96. The van der Waals surface area contributed by atoms with E-state index in [1.807, 2.05) is 0 Å².